The van der Waals surface area contributed by atoms with Crippen molar-refractivity contribution in [3.8, 4) is 0 Å². The van der Waals surface area contributed by atoms with Gasteiger partial charge < -0.3 is 4.74 Å². The predicted molar refractivity (Wildman–Crippen MR) is 49.6 cm³/mol. The number of aryl methyl sites for hydroxylation is 1. The number of hydrogen-bond donors (Lipinski definition) is 1. The molecule has 4 heteroatoms. The van der Waals surface area contributed by atoms with E-state index in [9.17, 15) is 4.79 Å². The van der Waals surface area contributed by atoms with Crippen molar-refractivity contribution < 1.29 is 9.53 Å². The van der Waals surface area contributed by atoms with Crippen LogP contribution in [0.2, 0.25) is 0 Å². The maximum absolute atomic E-state index is 11.0. The zero-order valence-electron chi connectivity index (χ0n) is 7.70. The number of amides is 1. The molecule has 1 rings (SSSR count). The van der Waals surface area contributed by atoms with Crippen molar-refractivity contribution in [3.05, 3.63) is 24.0 Å². The minimum absolute atomic E-state index is 0.371. The van der Waals surface area contributed by atoms with Crippen molar-refractivity contribution in [1.82, 2.24) is 4.98 Å². The van der Waals surface area contributed by atoms with Crippen LogP contribution in [0.1, 0.15) is 12.6 Å². The number of nitrogens with zero attached hydrogens (tertiary/aromatic N) is 1. The molecule has 0 bridgehead atoms. The first-order valence-corrected chi connectivity index (χ1v) is 4.09. The molecule has 13 heavy (non-hydrogen) atoms. The topological polar surface area (TPSA) is 51.2 Å². The maximum atomic E-state index is 11.0. The first kappa shape index (κ1) is 9.51. The van der Waals surface area contributed by atoms with E-state index < -0.39 is 6.09 Å². The highest BCUT2D eigenvalue weighted by Crippen LogP contribution is 2.06. The van der Waals surface area contributed by atoms with Crippen LogP contribution >= 0.6 is 0 Å². The summed E-state index contributed by atoms with van der Waals surface area (Å²) in [5.74, 6) is 0. The molecule has 70 valence electrons. The average molecular weight is 180 g/mol. The lowest BCUT2D eigenvalue weighted by Crippen LogP contribution is -2.13. The van der Waals surface area contributed by atoms with E-state index in [1.165, 1.54) is 0 Å². The molecule has 0 radical (unpaired) electrons. The molecule has 1 heterocycles. The van der Waals surface area contributed by atoms with Crippen LogP contribution in [-0.2, 0) is 4.74 Å². The van der Waals surface area contributed by atoms with E-state index in [1.807, 2.05) is 6.92 Å². The van der Waals surface area contributed by atoms with E-state index in [0.717, 1.165) is 5.69 Å². The highest BCUT2D eigenvalue weighted by Gasteiger charge is 2.00. The van der Waals surface area contributed by atoms with Gasteiger partial charge in [-0.1, -0.05) is 0 Å². The van der Waals surface area contributed by atoms with Crippen molar-refractivity contribution >= 4 is 11.8 Å². The summed E-state index contributed by atoms with van der Waals surface area (Å²) >= 11 is 0. The van der Waals surface area contributed by atoms with E-state index in [-0.39, 0.29) is 0 Å². The molecule has 0 aromatic carbocycles. The van der Waals surface area contributed by atoms with Crippen molar-refractivity contribution in [2.75, 3.05) is 11.9 Å². The maximum Gasteiger partial charge on any atom is 0.411 e. The number of carbonyl (C=O) groups excluding carboxylic acids is 1. The predicted octanol–water partition coefficient (Wildman–Crippen LogP) is 1.96. The van der Waals surface area contributed by atoms with Crippen molar-refractivity contribution in [3.63, 3.8) is 0 Å². The molecule has 1 amide bonds. The summed E-state index contributed by atoms with van der Waals surface area (Å²) in [6.45, 7) is 3.99. The van der Waals surface area contributed by atoms with Gasteiger partial charge in [0.2, 0.25) is 0 Å². The monoisotopic (exact) mass is 180 g/mol. The second-order valence-electron chi connectivity index (χ2n) is 2.53. The molecule has 0 saturated carbocycles. The standard InChI is InChI=1S/C9H12N2O2/c1-3-13-9(12)11-8-4-5-10-7(2)6-8/h4-6H,3H2,1-2H3,(H,10,11,12). The molecule has 0 unspecified atom stereocenters. The Bertz CT molecular complexity index is 299. The van der Waals surface area contributed by atoms with E-state index >= 15 is 0 Å². The second-order valence-corrected chi connectivity index (χ2v) is 2.53. The van der Waals surface area contributed by atoms with Gasteiger partial charge in [0.05, 0.1) is 6.61 Å². The van der Waals surface area contributed by atoms with Crippen LogP contribution in [0.5, 0.6) is 0 Å². The van der Waals surface area contributed by atoms with Gasteiger partial charge in [-0.3, -0.25) is 10.3 Å². The molecule has 0 atom stereocenters. The fraction of sp³-hybridized carbons (Fsp3) is 0.333. The number of nitrogens with one attached hydrogen (secondary N) is 1. The molecule has 0 spiro atoms. The van der Waals surface area contributed by atoms with E-state index in [2.05, 4.69) is 10.3 Å². The number of pyridine rings is 1. The summed E-state index contributed by atoms with van der Waals surface area (Å²) in [5, 5.41) is 2.58. The van der Waals surface area contributed by atoms with Crippen LogP contribution in [0.3, 0.4) is 0 Å². The Balaban J connectivity index is 2.58. The van der Waals surface area contributed by atoms with Gasteiger partial charge >= 0.3 is 6.09 Å². The Labute approximate surface area is 76.9 Å². The Morgan fingerprint density at radius 1 is 1.69 bits per heavy atom. The first-order valence-electron chi connectivity index (χ1n) is 4.09. The molecule has 0 aliphatic carbocycles. The minimum atomic E-state index is -0.437. The number of carbonyl (C=O) groups is 1. The van der Waals surface area contributed by atoms with Crippen LogP contribution in [0.4, 0.5) is 10.5 Å². The molecular formula is C9H12N2O2. The zero-order chi connectivity index (χ0) is 9.68. The van der Waals surface area contributed by atoms with Crippen LogP contribution in [0.15, 0.2) is 18.3 Å². The molecule has 0 fully saturated rings. The highest BCUT2D eigenvalue weighted by atomic mass is 16.5. The van der Waals surface area contributed by atoms with Gasteiger partial charge in [0.25, 0.3) is 0 Å². The molecule has 4 nitrogen and oxygen atoms in total. The van der Waals surface area contributed by atoms with Gasteiger partial charge in [-0.25, -0.2) is 4.79 Å². The largest absolute Gasteiger partial charge is 0.450 e. The second kappa shape index (κ2) is 4.45. The third kappa shape index (κ3) is 3.11. The van der Waals surface area contributed by atoms with Gasteiger partial charge in [0.15, 0.2) is 0 Å². The van der Waals surface area contributed by atoms with E-state index in [0.29, 0.717) is 12.3 Å². The Kier molecular flexibility index (Phi) is 3.25. The lowest BCUT2D eigenvalue weighted by molar-refractivity contribution is 0.168. The molecular weight excluding hydrogens is 168 g/mol. The summed E-state index contributed by atoms with van der Waals surface area (Å²) in [6, 6.07) is 3.49. The van der Waals surface area contributed by atoms with Gasteiger partial charge in [-0.05, 0) is 26.0 Å². The lowest BCUT2D eigenvalue weighted by atomic mass is 10.3. The SMILES string of the molecule is CCOC(=O)Nc1ccnc(C)c1. The van der Waals surface area contributed by atoms with E-state index in [4.69, 9.17) is 4.74 Å². The van der Waals surface area contributed by atoms with Gasteiger partial charge in [-0.15, -0.1) is 0 Å². The number of ether oxygens (including phenoxy) is 1. The molecule has 1 aromatic rings. The summed E-state index contributed by atoms with van der Waals surface area (Å²) in [7, 11) is 0. The van der Waals surface area contributed by atoms with Gasteiger partial charge in [0.1, 0.15) is 0 Å². The lowest BCUT2D eigenvalue weighted by Gasteiger charge is -2.04. The number of hydrogen-bond acceptors (Lipinski definition) is 3. The van der Waals surface area contributed by atoms with Crippen LogP contribution in [0.25, 0.3) is 0 Å². The summed E-state index contributed by atoms with van der Waals surface area (Å²) in [4.78, 5) is 15.0. The van der Waals surface area contributed by atoms with Gasteiger partial charge in [-0.2, -0.15) is 0 Å². The quantitative estimate of drug-likeness (QED) is 0.756. The van der Waals surface area contributed by atoms with Gasteiger partial charge in [0, 0.05) is 17.6 Å². The Morgan fingerprint density at radius 2 is 2.46 bits per heavy atom. The van der Waals surface area contributed by atoms with Crippen molar-refractivity contribution in [2.24, 2.45) is 0 Å². The third-order valence-electron chi connectivity index (χ3n) is 1.42. The molecule has 0 aliphatic heterocycles. The Hall–Kier alpha value is -1.58. The Morgan fingerprint density at radius 3 is 3.08 bits per heavy atom. The van der Waals surface area contributed by atoms with Crippen LogP contribution < -0.4 is 5.32 Å². The highest BCUT2D eigenvalue weighted by molar-refractivity contribution is 5.84. The molecule has 1 N–H and O–H groups in total. The third-order valence-corrected chi connectivity index (χ3v) is 1.42. The minimum Gasteiger partial charge on any atom is -0.450 e. The molecule has 0 saturated heterocycles. The summed E-state index contributed by atoms with van der Waals surface area (Å²) in [6.07, 6.45) is 1.20. The summed E-state index contributed by atoms with van der Waals surface area (Å²) in [5.41, 5.74) is 1.56. The number of anilines is 1. The molecule has 1 aromatic heterocycles. The number of rotatable bonds is 2. The van der Waals surface area contributed by atoms with Crippen molar-refractivity contribution in [2.45, 2.75) is 13.8 Å². The average Bonchev–Trinajstić information content (AvgIpc) is 2.04. The number of aromatic nitrogens is 1. The molecule has 0 aliphatic rings. The summed E-state index contributed by atoms with van der Waals surface area (Å²) < 4.78 is 4.72. The first-order chi connectivity index (χ1) is 6.22. The van der Waals surface area contributed by atoms with Crippen molar-refractivity contribution in [1.29, 1.82) is 0 Å². The zero-order valence-corrected chi connectivity index (χ0v) is 7.70. The fourth-order valence-electron chi connectivity index (χ4n) is 0.908. The smallest absolute Gasteiger partial charge is 0.411 e. The van der Waals surface area contributed by atoms with Crippen LogP contribution in [0, 0.1) is 6.92 Å². The van der Waals surface area contributed by atoms with E-state index in [1.54, 1.807) is 25.3 Å². The fourth-order valence-corrected chi connectivity index (χ4v) is 0.908. The normalized spacial score (nSPS) is 9.38. The van der Waals surface area contributed by atoms with Crippen LogP contribution in [-0.4, -0.2) is 17.7 Å².